The number of rotatable bonds is 7. The van der Waals surface area contributed by atoms with E-state index in [2.05, 4.69) is 5.32 Å². The zero-order valence-corrected chi connectivity index (χ0v) is 15.1. The molecule has 1 N–H and O–H groups in total. The van der Waals surface area contributed by atoms with Gasteiger partial charge in [0.25, 0.3) is 5.91 Å². The molecule has 1 atom stereocenters. The zero-order valence-electron chi connectivity index (χ0n) is 14.3. The summed E-state index contributed by atoms with van der Waals surface area (Å²) in [5.41, 5.74) is 1.05. The van der Waals surface area contributed by atoms with Crippen LogP contribution in [0.2, 0.25) is 5.02 Å². The molecule has 2 aromatic rings. The van der Waals surface area contributed by atoms with Crippen molar-refractivity contribution in [3.63, 3.8) is 0 Å². The summed E-state index contributed by atoms with van der Waals surface area (Å²) in [7, 11) is 0. The van der Waals surface area contributed by atoms with Crippen LogP contribution in [0.4, 0.5) is 5.69 Å². The summed E-state index contributed by atoms with van der Waals surface area (Å²) in [6.07, 6.45) is -0.876. The first kappa shape index (κ1) is 19.5. The summed E-state index contributed by atoms with van der Waals surface area (Å²) in [5.74, 6) is -0.755. The maximum Gasteiger partial charge on any atom is 0.347 e. The molecule has 0 aliphatic carbocycles. The van der Waals surface area contributed by atoms with Crippen LogP contribution in [0.15, 0.2) is 48.5 Å². The van der Waals surface area contributed by atoms with E-state index in [-0.39, 0.29) is 5.78 Å². The average Bonchev–Trinajstić information content (AvgIpc) is 2.62. The van der Waals surface area contributed by atoms with Crippen molar-refractivity contribution in [1.82, 2.24) is 0 Å². The highest BCUT2D eigenvalue weighted by atomic mass is 35.5. The van der Waals surface area contributed by atoms with Gasteiger partial charge in [-0.05, 0) is 62.4 Å². The molecule has 0 spiro atoms. The standard InChI is InChI=1S/C19H18ClNO5/c1-12(22)14-3-7-16(8-4-14)21-18(23)11-25-19(24)13(2)26-17-9-5-15(20)6-10-17/h3-10,13H,11H2,1-2H3,(H,21,23)/t13-/m0/s1. The quantitative estimate of drug-likeness (QED) is 0.591. The van der Waals surface area contributed by atoms with Crippen molar-refractivity contribution in [3.05, 3.63) is 59.1 Å². The second kappa shape index (κ2) is 9.01. The Morgan fingerprint density at radius 1 is 1.04 bits per heavy atom. The number of ketones is 1. The van der Waals surface area contributed by atoms with E-state index < -0.39 is 24.6 Å². The molecule has 0 unspecified atom stereocenters. The molecule has 0 heterocycles. The van der Waals surface area contributed by atoms with E-state index in [4.69, 9.17) is 21.1 Å². The number of nitrogens with one attached hydrogen (secondary N) is 1. The summed E-state index contributed by atoms with van der Waals surface area (Å²) in [6.45, 7) is 2.54. The summed E-state index contributed by atoms with van der Waals surface area (Å²) in [6, 6.07) is 12.9. The third-order valence-corrected chi connectivity index (χ3v) is 3.63. The molecule has 7 heteroatoms. The normalized spacial score (nSPS) is 11.3. The van der Waals surface area contributed by atoms with Crippen molar-refractivity contribution in [1.29, 1.82) is 0 Å². The Labute approximate surface area is 156 Å². The fourth-order valence-corrected chi connectivity index (χ4v) is 2.13. The first-order valence-corrected chi connectivity index (χ1v) is 8.22. The van der Waals surface area contributed by atoms with Crippen LogP contribution in [0.1, 0.15) is 24.2 Å². The number of hydrogen-bond donors (Lipinski definition) is 1. The van der Waals surface area contributed by atoms with Gasteiger partial charge >= 0.3 is 5.97 Å². The number of amides is 1. The molecular weight excluding hydrogens is 358 g/mol. The molecular formula is C19H18ClNO5. The van der Waals surface area contributed by atoms with Crippen LogP contribution in [0.3, 0.4) is 0 Å². The Bertz CT molecular complexity index is 787. The van der Waals surface area contributed by atoms with E-state index in [1.807, 2.05) is 0 Å². The Kier molecular flexibility index (Phi) is 6.74. The van der Waals surface area contributed by atoms with Crippen molar-refractivity contribution < 1.29 is 23.9 Å². The first-order valence-electron chi connectivity index (χ1n) is 7.85. The lowest BCUT2D eigenvalue weighted by atomic mass is 10.1. The van der Waals surface area contributed by atoms with Crippen molar-refractivity contribution in [2.45, 2.75) is 20.0 Å². The molecule has 2 rings (SSSR count). The van der Waals surface area contributed by atoms with Gasteiger partial charge in [0, 0.05) is 16.3 Å². The number of carbonyl (C=O) groups excluding carboxylic acids is 3. The molecule has 26 heavy (non-hydrogen) atoms. The molecule has 0 aliphatic heterocycles. The van der Waals surface area contributed by atoms with Gasteiger partial charge < -0.3 is 14.8 Å². The van der Waals surface area contributed by atoms with Gasteiger partial charge in [-0.1, -0.05) is 11.6 Å². The van der Waals surface area contributed by atoms with Gasteiger partial charge in [0.2, 0.25) is 0 Å². The Morgan fingerprint density at radius 2 is 1.65 bits per heavy atom. The lowest BCUT2D eigenvalue weighted by molar-refractivity contribution is -0.153. The maximum absolute atomic E-state index is 11.9. The van der Waals surface area contributed by atoms with Gasteiger partial charge in [-0.25, -0.2) is 4.79 Å². The lowest BCUT2D eigenvalue weighted by Gasteiger charge is -2.14. The number of hydrogen-bond acceptors (Lipinski definition) is 5. The number of benzene rings is 2. The van der Waals surface area contributed by atoms with Crippen LogP contribution in [0, 0.1) is 0 Å². The molecule has 0 saturated carbocycles. The van der Waals surface area contributed by atoms with Crippen molar-refractivity contribution >= 4 is 34.9 Å². The second-order valence-electron chi connectivity index (χ2n) is 5.50. The molecule has 0 saturated heterocycles. The van der Waals surface area contributed by atoms with Crippen LogP contribution in [-0.2, 0) is 14.3 Å². The van der Waals surface area contributed by atoms with E-state index in [0.29, 0.717) is 22.0 Å². The van der Waals surface area contributed by atoms with Gasteiger partial charge in [0.15, 0.2) is 18.5 Å². The number of ether oxygens (including phenoxy) is 2. The fraction of sp³-hybridized carbons (Fsp3) is 0.211. The van der Waals surface area contributed by atoms with E-state index in [9.17, 15) is 14.4 Å². The number of carbonyl (C=O) groups is 3. The SMILES string of the molecule is CC(=O)c1ccc(NC(=O)COC(=O)[C@H](C)Oc2ccc(Cl)cc2)cc1. The highest BCUT2D eigenvalue weighted by Crippen LogP contribution is 2.17. The lowest BCUT2D eigenvalue weighted by Crippen LogP contribution is -2.29. The molecule has 136 valence electrons. The van der Waals surface area contributed by atoms with Crippen LogP contribution in [0.25, 0.3) is 0 Å². The Morgan fingerprint density at radius 3 is 2.23 bits per heavy atom. The average molecular weight is 376 g/mol. The van der Waals surface area contributed by atoms with E-state index in [1.165, 1.54) is 13.8 Å². The van der Waals surface area contributed by atoms with Crippen LogP contribution < -0.4 is 10.1 Å². The van der Waals surface area contributed by atoms with Crippen LogP contribution in [-0.4, -0.2) is 30.4 Å². The van der Waals surface area contributed by atoms with Gasteiger partial charge in [0.1, 0.15) is 5.75 Å². The number of anilines is 1. The van der Waals surface area contributed by atoms with Crippen molar-refractivity contribution in [2.24, 2.45) is 0 Å². The van der Waals surface area contributed by atoms with Gasteiger partial charge in [-0.2, -0.15) is 0 Å². The Balaban J connectivity index is 1.79. The third kappa shape index (κ3) is 5.89. The van der Waals surface area contributed by atoms with Crippen LogP contribution in [0.5, 0.6) is 5.75 Å². The second-order valence-corrected chi connectivity index (χ2v) is 5.94. The number of halogens is 1. The molecule has 0 aliphatic rings. The molecule has 0 radical (unpaired) electrons. The third-order valence-electron chi connectivity index (χ3n) is 3.38. The molecule has 0 fully saturated rings. The molecule has 2 aromatic carbocycles. The zero-order chi connectivity index (χ0) is 19.1. The topological polar surface area (TPSA) is 81.7 Å². The van der Waals surface area contributed by atoms with Crippen molar-refractivity contribution in [3.8, 4) is 5.75 Å². The van der Waals surface area contributed by atoms with E-state index in [1.54, 1.807) is 48.5 Å². The largest absolute Gasteiger partial charge is 0.479 e. The Hall–Kier alpha value is -2.86. The van der Waals surface area contributed by atoms with Gasteiger partial charge in [0.05, 0.1) is 0 Å². The minimum atomic E-state index is -0.876. The van der Waals surface area contributed by atoms with E-state index >= 15 is 0 Å². The predicted molar refractivity (Wildman–Crippen MR) is 97.6 cm³/mol. The van der Waals surface area contributed by atoms with E-state index in [0.717, 1.165) is 0 Å². The summed E-state index contributed by atoms with van der Waals surface area (Å²) < 4.78 is 10.4. The summed E-state index contributed by atoms with van der Waals surface area (Å²) in [4.78, 5) is 34.9. The number of esters is 1. The summed E-state index contributed by atoms with van der Waals surface area (Å²) >= 11 is 5.78. The minimum Gasteiger partial charge on any atom is -0.479 e. The smallest absolute Gasteiger partial charge is 0.347 e. The highest BCUT2D eigenvalue weighted by Gasteiger charge is 2.18. The highest BCUT2D eigenvalue weighted by molar-refractivity contribution is 6.30. The minimum absolute atomic E-state index is 0.0634. The summed E-state index contributed by atoms with van der Waals surface area (Å²) in [5, 5.41) is 3.13. The van der Waals surface area contributed by atoms with Crippen LogP contribution >= 0.6 is 11.6 Å². The van der Waals surface area contributed by atoms with Gasteiger partial charge in [-0.3, -0.25) is 9.59 Å². The fourth-order valence-electron chi connectivity index (χ4n) is 2.00. The number of Topliss-reactive ketones (excluding diaryl/α,β-unsaturated/α-hetero) is 1. The predicted octanol–water partition coefficient (Wildman–Crippen LogP) is 3.49. The molecule has 0 bridgehead atoms. The van der Waals surface area contributed by atoms with Crippen molar-refractivity contribution in [2.75, 3.05) is 11.9 Å². The maximum atomic E-state index is 11.9. The monoisotopic (exact) mass is 375 g/mol. The first-order chi connectivity index (χ1) is 12.3. The molecule has 6 nitrogen and oxygen atoms in total. The molecule has 0 aromatic heterocycles. The molecule has 1 amide bonds. The van der Waals surface area contributed by atoms with Gasteiger partial charge in [-0.15, -0.1) is 0 Å².